The van der Waals surface area contributed by atoms with Crippen LogP contribution in [0, 0.1) is 28.6 Å². The highest BCUT2D eigenvalue weighted by molar-refractivity contribution is 6.01. The van der Waals surface area contributed by atoms with Crippen LogP contribution >= 0.6 is 0 Å². The van der Waals surface area contributed by atoms with Crippen LogP contribution in [0.5, 0.6) is 0 Å². The van der Waals surface area contributed by atoms with Crippen molar-refractivity contribution in [2.75, 3.05) is 13.2 Å². The number of benzene rings is 1. The van der Waals surface area contributed by atoms with Gasteiger partial charge < -0.3 is 20.3 Å². The van der Waals surface area contributed by atoms with Gasteiger partial charge in [0.15, 0.2) is 23.3 Å². The molecule has 0 heterocycles. The van der Waals surface area contributed by atoms with E-state index < -0.39 is 71.0 Å². The Labute approximate surface area is 259 Å². The molecule has 12 nitrogen and oxygen atoms in total. The number of allylic oxidation sites excluding steroid dienone is 4. The number of aliphatic hydroxyl groups excluding tert-OH is 2. The highest BCUT2D eigenvalue weighted by Crippen LogP contribution is 2.68. The van der Waals surface area contributed by atoms with E-state index in [9.17, 15) is 29.4 Å². The van der Waals surface area contributed by atoms with Crippen molar-refractivity contribution in [3.05, 3.63) is 59.2 Å². The highest BCUT2D eigenvalue weighted by Gasteiger charge is 2.70. The summed E-state index contributed by atoms with van der Waals surface area (Å²) in [5.41, 5.74) is -2.51. The largest absolute Gasteiger partial charge is 0.456 e. The Bertz CT molecular complexity index is 1410. The van der Waals surface area contributed by atoms with E-state index in [-0.39, 0.29) is 36.1 Å². The quantitative estimate of drug-likeness (QED) is 0.189. The summed E-state index contributed by atoms with van der Waals surface area (Å²) >= 11 is 0. The molecule has 3 fully saturated rings. The highest BCUT2D eigenvalue weighted by atomic mass is 19.1. The van der Waals surface area contributed by atoms with Gasteiger partial charge in [-0.1, -0.05) is 30.7 Å². The summed E-state index contributed by atoms with van der Waals surface area (Å²) in [4.78, 5) is 55.4. The molecule has 0 saturated heterocycles. The maximum atomic E-state index is 17.2. The second-order valence-corrected chi connectivity index (χ2v) is 13.0. The van der Waals surface area contributed by atoms with Crippen LogP contribution < -0.4 is 5.32 Å². The van der Waals surface area contributed by atoms with Crippen molar-refractivity contribution in [3.63, 3.8) is 0 Å². The molecule has 4 unspecified atom stereocenters. The fourth-order valence-corrected chi connectivity index (χ4v) is 8.39. The number of nitrogens with one attached hydrogen (secondary N) is 1. The molecule has 1 aromatic rings. The number of carbonyl (C=O) groups is 4. The van der Waals surface area contributed by atoms with Crippen LogP contribution in [0.2, 0.25) is 0 Å². The van der Waals surface area contributed by atoms with E-state index in [2.05, 4.69) is 10.2 Å². The number of rotatable bonds is 10. The molecule has 0 spiro atoms. The van der Waals surface area contributed by atoms with Crippen LogP contribution in [0.15, 0.2) is 48.1 Å². The summed E-state index contributed by atoms with van der Waals surface area (Å²) in [5.74, 6) is -3.57. The molecule has 8 atom stereocenters. The minimum atomic E-state index is -2.00. The average molecular weight is 631 g/mol. The van der Waals surface area contributed by atoms with Gasteiger partial charge in [-0.15, -0.1) is 0 Å². The summed E-state index contributed by atoms with van der Waals surface area (Å²) in [6.45, 7) is 2.07. The van der Waals surface area contributed by atoms with E-state index in [1.165, 1.54) is 36.4 Å². The summed E-state index contributed by atoms with van der Waals surface area (Å²) in [7, 11) is 0. The van der Waals surface area contributed by atoms with Gasteiger partial charge in [0.25, 0.3) is 5.91 Å². The first-order chi connectivity index (χ1) is 21.2. The van der Waals surface area contributed by atoms with Crippen LogP contribution in [-0.2, 0) is 30.6 Å². The molecule has 244 valence electrons. The van der Waals surface area contributed by atoms with Crippen LogP contribution in [0.25, 0.3) is 0 Å². The van der Waals surface area contributed by atoms with Gasteiger partial charge in [0.2, 0.25) is 0 Å². The number of ketones is 2. The average Bonchev–Trinajstić information content (AvgIpc) is 3.35. The Balaban J connectivity index is 1.21. The number of Topliss-reactive ketones (excluding diaryl/α,β-unsaturated/α-hetero) is 1. The summed E-state index contributed by atoms with van der Waals surface area (Å²) in [6.07, 6.45) is 5.08. The molecule has 3 saturated carbocycles. The molecule has 5 rings (SSSR count). The lowest BCUT2D eigenvalue weighted by atomic mass is 9.45. The number of halogens is 1. The predicted molar refractivity (Wildman–Crippen MR) is 153 cm³/mol. The Hall–Kier alpha value is -3.33. The van der Waals surface area contributed by atoms with Gasteiger partial charge in [-0.25, -0.2) is 14.0 Å². The van der Waals surface area contributed by atoms with E-state index >= 15 is 4.39 Å². The molecule has 45 heavy (non-hydrogen) atoms. The fourth-order valence-electron chi connectivity index (χ4n) is 8.39. The molecule has 4 aliphatic rings. The first-order valence-corrected chi connectivity index (χ1v) is 15.1. The normalized spacial score (nSPS) is 34.3. The second-order valence-electron chi connectivity index (χ2n) is 13.0. The second kappa shape index (κ2) is 12.5. The Kier molecular flexibility index (Phi) is 9.15. The van der Waals surface area contributed by atoms with E-state index in [0.717, 1.165) is 0 Å². The van der Waals surface area contributed by atoms with Crippen LogP contribution in [0.4, 0.5) is 4.39 Å². The minimum absolute atomic E-state index is 0.0399. The van der Waals surface area contributed by atoms with Gasteiger partial charge in [-0.05, 0) is 80.2 Å². The maximum Gasteiger partial charge on any atom is 0.331 e. The number of hydrogen-bond donors (Lipinski definition) is 5. The number of alkyl halides is 1. The standard InChI is InChI=1S/C32H39FN2O10/c1-30-14-27(39)32(33)23(8-7-20-13-21(37)11-12-31(20,32)2)22(30)9-10-24(30)26(38)17-44-29(41)25(15-36)34-28(40)19-5-3-18(4-6-19)16-45-35(42)43/h3-6,11-13,22-25,27,36,39,42-43H,7-10,14-17H2,1-2H3,(H,34,40)/t22?,23-,24?,25?,27-,30-,31-,32?/m0/s1. The fraction of sp³-hybridized carbons (Fsp3) is 0.562. The third kappa shape index (κ3) is 5.77. The molecule has 1 aromatic carbocycles. The van der Waals surface area contributed by atoms with Crippen molar-refractivity contribution < 1.29 is 53.8 Å². The van der Waals surface area contributed by atoms with Crippen LogP contribution in [-0.4, -0.2) is 80.5 Å². The SMILES string of the molecule is C[C@]12C[C@H](O)C3(F)[C@@H](CCC4=CC(=O)C=C[C@@]43C)C1CCC2C(=O)COC(=O)C(CO)NC(=O)c1ccc(CON(O)O)cc1. The first kappa shape index (κ1) is 33.0. The maximum absolute atomic E-state index is 17.2. The summed E-state index contributed by atoms with van der Waals surface area (Å²) in [5, 5.41) is 40.3. The molecule has 0 aliphatic heterocycles. The topological polar surface area (TPSA) is 183 Å². The Morgan fingerprint density at radius 1 is 1.11 bits per heavy atom. The summed E-state index contributed by atoms with van der Waals surface area (Å²) < 4.78 is 22.4. The van der Waals surface area contributed by atoms with Crippen molar-refractivity contribution in [1.82, 2.24) is 10.7 Å². The molecule has 0 bridgehead atoms. The van der Waals surface area contributed by atoms with Gasteiger partial charge in [-0.3, -0.25) is 24.8 Å². The van der Waals surface area contributed by atoms with Gasteiger partial charge >= 0.3 is 5.97 Å². The number of hydrogen-bond acceptors (Lipinski definition) is 11. The predicted octanol–water partition coefficient (Wildman–Crippen LogP) is 2.39. The third-order valence-electron chi connectivity index (χ3n) is 10.7. The first-order valence-electron chi connectivity index (χ1n) is 15.1. The Morgan fingerprint density at radius 2 is 1.82 bits per heavy atom. The van der Waals surface area contributed by atoms with E-state index in [1.807, 2.05) is 6.92 Å². The molecule has 5 N–H and O–H groups in total. The molecule has 0 aromatic heterocycles. The van der Waals surface area contributed by atoms with Crippen LogP contribution in [0.3, 0.4) is 0 Å². The lowest BCUT2D eigenvalue weighted by molar-refractivity contribution is -0.497. The van der Waals surface area contributed by atoms with Gasteiger partial charge in [0, 0.05) is 22.8 Å². The van der Waals surface area contributed by atoms with E-state index in [1.54, 1.807) is 13.0 Å². The van der Waals surface area contributed by atoms with E-state index in [4.69, 9.17) is 15.2 Å². The van der Waals surface area contributed by atoms with Gasteiger partial charge in [0.1, 0.15) is 6.61 Å². The van der Waals surface area contributed by atoms with Gasteiger partial charge in [-0.2, -0.15) is 0 Å². The van der Waals surface area contributed by atoms with Crippen molar-refractivity contribution in [2.45, 2.75) is 70.4 Å². The summed E-state index contributed by atoms with van der Waals surface area (Å²) in [6, 6.07) is 4.36. The zero-order valence-electron chi connectivity index (χ0n) is 25.1. The zero-order valence-corrected chi connectivity index (χ0v) is 25.1. The Morgan fingerprint density at radius 3 is 2.49 bits per heavy atom. The number of nitrogens with zero attached hydrogens (tertiary/aromatic N) is 1. The lowest BCUT2D eigenvalue weighted by Gasteiger charge is -2.62. The molecule has 0 radical (unpaired) electrons. The smallest absolute Gasteiger partial charge is 0.331 e. The lowest BCUT2D eigenvalue weighted by Crippen LogP contribution is -2.66. The molecule has 1 amide bonds. The van der Waals surface area contributed by atoms with Crippen molar-refractivity contribution >= 4 is 23.4 Å². The number of ether oxygens (including phenoxy) is 1. The van der Waals surface area contributed by atoms with Gasteiger partial charge in [0.05, 0.1) is 24.7 Å². The van der Waals surface area contributed by atoms with Crippen molar-refractivity contribution in [3.8, 4) is 0 Å². The molecule has 4 aliphatic carbocycles. The number of fused-ring (bicyclic) bond motifs is 5. The third-order valence-corrected chi connectivity index (χ3v) is 10.7. The van der Waals surface area contributed by atoms with E-state index in [0.29, 0.717) is 36.8 Å². The minimum Gasteiger partial charge on any atom is -0.456 e. The van der Waals surface area contributed by atoms with Crippen molar-refractivity contribution in [1.29, 1.82) is 0 Å². The number of carbonyl (C=O) groups excluding carboxylic acids is 4. The van der Waals surface area contributed by atoms with Crippen molar-refractivity contribution in [2.24, 2.45) is 28.6 Å². The zero-order chi connectivity index (χ0) is 32.7. The number of aliphatic hydroxyl groups is 2. The number of amides is 1. The molecular weight excluding hydrogens is 591 g/mol. The van der Waals surface area contributed by atoms with Crippen LogP contribution in [0.1, 0.15) is 61.9 Å². The monoisotopic (exact) mass is 630 g/mol. The molecule has 13 heteroatoms. The molecular formula is C32H39FN2O10. The number of esters is 1.